The van der Waals surface area contributed by atoms with Crippen LogP contribution in [0.25, 0.3) is 0 Å². The lowest BCUT2D eigenvalue weighted by molar-refractivity contribution is 0.0781. The van der Waals surface area contributed by atoms with Crippen molar-refractivity contribution >= 4 is 38.2 Å². The summed E-state index contributed by atoms with van der Waals surface area (Å²) in [6, 6.07) is 5.73. The third-order valence-electron chi connectivity index (χ3n) is 1.96. The van der Waals surface area contributed by atoms with E-state index >= 15 is 0 Å². The van der Waals surface area contributed by atoms with Crippen molar-refractivity contribution in [3.63, 3.8) is 0 Å². The number of hydrogen-bond acceptors (Lipinski definition) is 2. The lowest BCUT2D eigenvalue weighted by Crippen LogP contribution is -2.01. The fourth-order valence-corrected chi connectivity index (χ4v) is 1.89. The molecule has 0 fully saturated rings. The summed E-state index contributed by atoms with van der Waals surface area (Å²) >= 11 is 6.05. The van der Waals surface area contributed by atoms with Gasteiger partial charge in [0.2, 0.25) is 0 Å². The molecule has 0 aliphatic carbocycles. The Morgan fingerprint density at radius 3 is 2.71 bits per heavy atom. The van der Waals surface area contributed by atoms with Crippen LogP contribution in [0.5, 0.6) is 0 Å². The van der Waals surface area contributed by atoms with Gasteiger partial charge in [-0.15, -0.1) is 0 Å². The summed E-state index contributed by atoms with van der Waals surface area (Å²) in [6.45, 7) is 1.90. The van der Waals surface area contributed by atoms with Crippen LogP contribution in [-0.2, 0) is 10.2 Å². The van der Waals surface area contributed by atoms with Gasteiger partial charge in [-0.3, -0.25) is 0 Å². The number of halogens is 2. The van der Waals surface area contributed by atoms with Crippen molar-refractivity contribution in [2.24, 2.45) is 0 Å². The van der Waals surface area contributed by atoms with Crippen LogP contribution in [0.4, 0.5) is 0 Å². The van der Waals surface area contributed by atoms with Gasteiger partial charge in [0, 0.05) is 5.33 Å². The minimum Gasteiger partial charge on any atom is -0.380 e. The summed E-state index contributed by atoms with van der Waals surface area (Å²) in [4.78, 5) is 11.2. The van der Waals surface area contributed by atoms with Crippen molar-refractivity contribution in [1.82, 2.24) is 0 Å². The van der Waals surface area contributed by atoms with Crippen molar-refractivity contribution in [3.05, 3.63) is 34.9 Å². The first-order valence-electron chi connectivity index (χ1n) is 4.17. The fourth-order valence-electron chi connectivity index (χ4n) is 1.26. The maximum atomic E-state index is 11.2. The van der Waals surface area contributed by atoms with Gasteiger partial charge >= 0.3 is 5.97 Å². The largest absolute Gasteiger partial charge is 0.380 e. The van der Waals surface area contributed by atoms with E-state index in [1.165, 1.54) is 5.56 Å². The van der Waals surface area contributed by atoms with Crippen LogP contribution in [0.2, 0.25) is 0 Å². The van der Waals surface area contributed by atoms with Gasteiger partial charge in [0.25, 0.3) is 0 Å². The van der Waals surface area contributed by atoms with E-state index in [1.807, 2.05) is 19.1 Å². The first kappa shape index (κ1) is 11.7. The molecule has 0 radical (unpaired) electrons. The highest BCUT2D eigenvalue weighted by atomic mass is 79.9. The number of aryl methyl sites for hydroxylation is 2. The molecule has 0 aliphatic heterocycles. The average Bonchev–Trinajstić information content (AvgIpc) is 2.17. The van der Waals surface area contributed by atoms with E-state index in [0.29, 0.717) is 5.56 Å². The molecule has 0 aliphatic rings. The van der Waals surface area contributed by atoms with Gasteiger partial charge in [0.1, 0.15) is 0 Å². The molecule has 0 bridgehead atoms. The SMILES string of the molecule is Cc1cc(CCBr)ccc1C(=O)OBr. The number of rotatable bonds is 3. The van der Waals surface area contributed by atoms with E-state index < -0.39 is 0 Å². The Hall–Kier alpha value is -0.350. The first-order valence-corrected chi connectivity index (χ1v) is 5.94. The summed E-state index contributed by atoms with van der Waals surface area (Å²) in [5.41, 5.74) is 2.75. The molecule has 0 saturated heterocycles. The van der Waals surface area contributed by atoms with E-state index in [4.69, 9.17) is 0 Å². The third-order valence-corrected chi connectivity index (χ3v) is 2.65. The standard InChI is InChI=1S/C10H10Br2O2/c1-7-6-8(4-5-11)2-3-9(7)10(13)14-12/h2-3,6H,4-5H2,1H3. The van der Waals surface area contributed by atoms with Crippen LogP contribution in [0, 0.1) is 6.92 Å². The van der Waals surface area contributed by atoms with Crippen LogP contribution in [0.3, 0.4) is 0 Å². The Balaban J connectivity index is 2.95. The van der Waals surface area contributed by atoms with Crippen molar-refractivity contribution in [2.45, 2.75) is 13.3 Å². The molecule has 0 N–H and O–H groups in total. The molecule has 0 amide bonds. The van der Waals surface area contributed by atoms with Gasteiger partial charge in [0.05, 0.1) is 5.56 Å². The molecule has 0 atom stereocenters. The van der Waals surface area contributed by atoms with E-state index in [2.05, 4.69) is 36.0 Å². The number of alkyl halides is 1. The van der Waals surface area contributed by atoms with Gasteiger partial charge in [-0.05, 0) is 30.5 Å². The number of carbonyl (C=O) groups excluding carboxylic acids is 1. The molecular weight excluding hydrogens is 312 g/mol. The Labute approximate surface area is 100 Å². The minimum atomic E-state index is -0.354. The second-order valence-electron chi connectivity index (χ2n) is 2.95. The lowest BCUT2D eigenvalue weighted by atomic mass is 10.0. The zero-order chi connectivity index (χ0) is 10.6. The van der Waals surface area contributed by atoms with Crippen LogP contribution >= 0.6 is 32.2 Å². The zero-order valence-corrected chi connectivity index (χ0v) is 10.9. The Morgan fingerprint density at radius 2 is 2.21 bits per heavy atom. The molecule has 0 heterocycles. The lowest BCUT2D eigenvalue weighted by Gasteiger charge is -2.04. The van der Waals surface area contributed by atoms with Gasteiger partial charge < -0.3 is 3.83 Å². The Kier molecular flexibility index (Phi) is 4.62. The second-order valence-corrected chi connectivity index (χ2v) is 4.07. The predicted molar refractivity (Wildman–Crippen MR) is 63.0 cm³/mol. The normalized spacial score (nSPS) is 9.93. The van der Waals surface area contributed by atoms with E-state index in [9.17, 15) is 4.79 Å². The summed E-state index contributed by atoms with van der Waals surface area (Å²) in [5.74, 6) is -0.354. The van der Waals surface area contributed by atoms with Gasteiger partial charge in [-0.25, -0.2) is 4.79 Å². The smallest absolute Gasteiger partial charge is 0.349 e. The number of carbonyl (C=O) groups is 1. The molecule has 0 saturated carbocycles. The summed E-state index contributed by atoms with van der Waals surface area (Å²) < 4.78 is 4.48. The molecule has 76 valence electrons. The molecule has 1 aromatic rings. The van der Waals surface area contributed by atoms with Crippen LogP contribution < -0.4 is 0 Å². The van der Waals surface area contributed by atoms with Crippen LogP contribution in [0.1, 0.15) is 21.5 Å². The van der Waals surface area contributed by atoms with Gasteiger partial charge in [-0.1, -0.05) is 28.1 Å². The van der Waals surface area contributed by atoms with Crippen LogP contribution in [-0.4, -0.2) is 11.3 Å². The maximum absolute atomic E-state index is 11.2. The summed E-state index contributed by atoms with van der Waals surface area (Å²) in [6.07, 6.45) is 0.963. The Morgan fingerprint density at radius 1 is 1.50 bits per heavy atom. The second kappa shape index (κ2) is 5.51. The molecule has 2 nitrogen and oxygen atoms in total. The molecule has 0 spiro atoms. The minimum absolute atomic E-state index is 0.354. The van der Waals surface area contributed by atoms with Gasteiger partial charge in [-0.2, -0.15) is 0 Å². The predicted octanol–water partition coefficient (Wildman–Crippen LogP) is 3.40. The zero-order valence-electron chi connectivity index (χ0n) is 7.72. The molecule has 4 heteroatoms. The molecule has 1 rings (SSSR count). The highest BCUT2D eigenvalue weighted by Crippen LogP contribution is 2.14. The summed E-state index contributed by atoms with van der Waals surface area (Å²) in [5, 5.41) is 0.925. The number of benzene rings is 1. The fraction of sp³-hybridized carbons (Fsp3) is 0.300. The van der Waals surface area contributed by atoms with E-state index in [0.717, 1.165) is 17.3 Å². The highest BCUT2D eigenvalue weighted by molar-refractivity contribution is 9.09. The molecule has 14 heavy (non-hydrogen) atoms. The van der Waals surface area contributed by atoms with Crippen molar-refractivity contribution in [2.75, 3.05) is 5.33 Å². The molecule has 1 aromatic carbocycles. The van der Waals surface area contributed by atoms with Crippen LogP contribution in [0.15, 0.2) is 18.2 Å². The third kappa shape index (κ3) is 2.82. The number of hydrogen-bond donors (Lipinski definition) is 0. The average molecular weight is 322 g/mol. The van der Waals surface area contributed by atoms with Crippen molar-refractivity contribution < 1.29 is 8.62 Å². The van der Waals surface area contributed by atoms with E-state index in [-0.39, 0.29) is 5.97 Å². The van der Waals surface area contributed by atoms with E-state index in [1.54, 1.807) is 6.07 Å². The first-order chi connectivity index (χ1) is 6.69. The topological polar surface area (TPSA) is 26.3 Å². The van der Waals surface area contributed by atoms with Crippen molar-refractivity contribution in [1.29, 1.82) is 0 Å². The highest BCUT2D eigenvalue weighted by Gasteiger charge is 2.09. The van der Waals surface area contributed by atoms with Gasteiger partial charge in [0.15, 0.2) is 16.3 Å². The molecular formula is C10H10Br2O2. The Bertz CT molecular complexity index is 337. The summed E-state index contributed by atoms with van der Waals surface area (Å²) in [7, 11) is 0. The monoisotopic (exact) mass is 320 g/mol. The van der Waals surface area contributed by atoms with Crippen molar-refractivity contribution in [3.8, 4) is 0 Å². The molecule has 0 aromatic heterocycles. The maximum Gasteiger partial charge on any atom is 0.349 e. The quantitative estimate of drug-likeness (QED) is 0.798. The molecule has 0 unspecified atom stereocenters.